The van der Waals surface area contributed by atoms with Gasteiger partial charge in [0.05, 0.1) is 17.3 Å². The second-order valence-corrected chi connectivity index (χ2v) is 9.00. The molecule has 2 aliphatic rings. The Kier molecular flexibility index (Phi) is 4.36. The first kappa shape index (κ1) is 18.8. The highest BCUT2D eigenvalue weighted by Crippen LogP contribution is 2.52. The Hall–Kier alpha value is -2.57. The van der Waals surface area contributed by atoms with Gasteiger partial charge in [-0.3, -0.25) is 9.48 Å². The van der Waals surface area contributed by atoms with E-state index in [2.05, 4.69) is 10.4 Å². The molecular formula is C21H28N4O3. The van der Waals surface area contributed by atoms with Gasteiger partial charge in [0, 0.05) is 31.4 Å². The van der Waals surface area contributed by atoms with Crippen LogP contribution in [0.25, 0.3) is 10.9 Å². The Bertz CT molecular complexity index is 917. The number of carbonyl (C=O) groups is 2. The van der Waals surface area contributed by atoms with Crippen molar-refractivity contribution in [1.82, 2.24) is 20.0 Å². The van der Waals surface area contributed by atoms with Crippen LogP contribution in [-0.2, 0) is 16.6 Å². The number of aryl methyl sites for hydroxylation is 1. The zero-order chi connectivity index (χ0) is 20.2. The van der Waals surface area contributed by atoms with Crippen LogP contribution < -0.4 is 5.32 Å². The zero-order valence-corrected chi connectivity index (χ0v) is 17.1. The van der Waals surface area contributed by atoms with E-state index in [9.17, 15) is 9.59 Å². The smallest absolute Gasteiger partial charge is 0.410 e. The number of rotatable bonds is 3. The lowest BCUT2D eigenvalue weighted by Gasteiger charge is -2.26. The molecule has 2 amide bonds. The zero-order valence-electron chi connectivity index (χ0n) is 17.1. The molecule has 2 heterocycles. The summed E-state index contributed by atoms with van der Waals surface area (Å²) in [7, 11) is 1.91. The van der Waals surface area contributed by atoms with Crippen LogP contribution in [0.15, 0.2) is 24.3 Å². The Balaban J connectivity index is 1.36. The molecule has 0 spiro atoms. The lowest BCUT2D eigenvalue weighted by atomic mass is 10.1. The predicted molar refractivity (Wildman–Crippen MR) is 106 cm³/mol. The number of benzene rings is 1. The van der Waals surface area contributed by atoms with E-state index >= 15 is 0 Å². The number of fused-ring (bicyclic) bond motifs is 2. The molecule has 2 aromatic rings. The van der Waals surface area contributed by atoms with E-state index in [0.29, 0.717) is 13.1 Å². The topological polar surface area (TPSA) is 76.5 Å². The quantitative estimate of drug-likeness (QED) is 0.883. The van der Waals surface area contributed by atoms with Crippen LogP contribution in [-0.4, -0.2) is 45.4 Å². The average molecular weight is 384 g/mol. The molecule has 1 aliphatic heterocycles. The third-order valence-electron chi connectivity index (χ3n) is 5.70. The van der Waals surface area contributed by atoms with Crippen molar-refractivity contribution in [3.05, 3.63) is 30.0 Å². The first-order valence-electron chi connectivity index (χ1n) is 9.85. The van der Waals surface area contributed by atoms with Crippen molar-refractivity contribution in [3.8, 4) is 0 Å². The van der Waals surface area contributed by atoms with Crippen molar-refractivity contribution in [2.75, 3.05) is 13.1 Å². The van der Waals surface area contributed by atoms with Gasteiger partial charge in [0.1, 0.15) is 5.60 Å². The third-order valence-corrected chi connectivity index (χ3v) is 5.70. The summed E-state index contributed by atoms with van der Waals surface area (Å²) in [5, 5.41) is 8.78. The summed E-state index contributed by atoms with van der Waals surface area (Å²) in [5.74, 6) is 0.512. The van der Waals surface area contributed by atoms with Crippen molar-refractivity contribution in [2.45, 2.75) is 39.3 Å². The minimum absolute atomic E-state index is 0.0175. The summed E-state index contributed by atoms with van der Waals surface area (Å²) in [4.78, 5) is 26.7. The highest BCUT2D eigenvalue weighted by molar-refractivity contribution is 5.86. The lowest BCUT2D eigenvalue weighted by Crippen LogP contribution is -2.39. The first-order chi connectivity index (χ1) is 13.2. The molecule has 4 rings (SSSR count). The third kappa shape index (κ3) is 3.34. The van der Waals surface area contributed by atoms with Crippen molar-refractivity contribution >= 4 is 22.9 Å². The van der Waals surface area contributed by atoms with Crippen molar-refractivity contribution in [1.29, 1.82) is 0 Å². The molecule has 3 unspecified atom stereocenters. The first-order valence-corrected chi connectivity index (χ1v) is 9.85. The highest BCUT2D eigenvalue weighted by atomic mass is 16.6. The maximum Gasteiger partial charge on any atom is 0.410 e. The molecule has 150 valence electrons. The van der Waals surface area contributed by atoms with Crippen LogP contribution in [0.2, 0.25) is 0 Å². The number of nitrogens with one attached hydrogen (secondary N) is 1. The van der Waals surface area contributed by atoms with Gasteiger partial charge in [-0.25, -0.2) is 4.79 Å². The molecule has 2 fully saturated rings. The number of hydrogen-bond acceptors (Lipinski definition) is 4. The number of para-hydroxylation sites is 1. The molecule has 1 N–H and O–H groups in total. The molecule has 1 aromatic carbocycles. The van der Waals surface area contributed by atoms with Gasteiger partial charge in [0.2, 0.25) is 5.91 Å². The number of aromatic nitrogens is 2. The Morgan fingerprint density at radius 3 is 2.50 bits per heavy atom. The number of likely N-dealkylation sites (tertiary alicyclic amines) is 1. The van der Waals surface area contributed by atoms with E-state index in [4.69, 9.17) is 4.74 Å². The van der Waals surface area contributed by atoms with Crippen molar-refractivity contribution in [3.63, 3.8) is 0 Å². The van der Waals surface area contributed by atoms with Gasteiger partial charge in [-0.05, 0) is 45.6 Å². The van der Waals surface area contributed by atoms with Gasteiger partial charge in [-0.2, -0.15) is 5.10 Å². The fourth-order valence-corrected chi connectivity index (χ4v) is 4.33. The van der Waals surface area contributed by atoms with Crippen LogP contribution in [0.5, 0.6) is 0 Å². The van der Waals surface area contributed by atoms with Crippen molar-refractivity contribution in [2.24, 2.45) is 24.8 Å². The summed E-state index contributed by atoms with van der Waals surface area (Å²) >= 11 is 0. The Morgan fingerprint density at radius 1 is 1.21 bits per heavy atom. The van der Waals surface area contributed by atoms with E-state index in [1.54, 1.807) is 4.90 Å². The standard InChI is InChI=1S/C21H28N4O3/c1-12(18-13-8-6-7-9-16(13)24(5)23-18)22-19(26)17-14-10-25(11-15(14)17)20(27)28-21(2,3)4/h6-9,12,14-15,17H,10-11H2,1-5H3,(H,22,26)/t12?,14-,15?,17?/m1/s1. The number of carbonyl (C=O) groups excluding carboxylic acids is 2. The molecule has 7 heteroatoms. The van der Waals surface area contributed by atoms with E-state index in [1.165, 1.54) is 0 Å². The lowest BCUT2D eigenvalue weighted by molar-refractivity contribution is -0.124. The van der Waals surface area contributed by atoms with Gasteiger partial charge in [0.15, 0.2) is 0 Å². The second kappa shape index (κ2) is 6.50. The van der Waals surface area contributed by atoms with Crippen LogP contribution >= 0.6 is 0 Å². The van der Waals surface area contributed by atoms with Crippen LogP contribution in [0.1, 0.15) is 39.4 Å². The molecule has 1 saturated carbocycles. The minimum Gasteiger partial charge on any atom is -0.444 e. The van der Waals surface area contributed by atoms with Gasteiger partial charge in [0.25, 0.3) is 0 Å². The summed E-state index contributed by atoms with van der Waals surface area (Å²) in [6.45, 7) is 8.75. The van der Waals surface area contributed by atoms with Crippen LogP contribution in [0, 0.1) is 17.8 Å². The average Bonchev–Trinajstić information content (AvgIpc) is 2.96. The van der Waals surface area contributed by atoms with Gasteiger partial charge >= 0.3 is 6.09 Å². The van der Waals surface area contributed by atoms with E-state index in [1.807, 2.05) is 63.7 Å². The van der Waals surface area contributed by atoms with Crippen LogP contribution in [0.3, 0.4) is 0 Å². The largest absolute Gasteiger partial charge is 0.444 e. The fraction of sp³-hybridized carbons (Fsp3) is 0.571. The molecule has 7 nitrogen and oxygen atoms in total. The number of piperidine rings is 1. The normalized spacial score (nSPS) is 24.8. The molecular weight excluding hydrogens is 356 g/mol. The number of nitrogens with zero attached hydrogens (tertiary/aromatic N) is 3. The van der Waals surface area contributed by atoms with Gasteiger partial charge in [-0.15, -0.1) is 0 Å². The van der Waals surface area contributed by atoms with Crippen LogP contribution in [0.4, 0.5) is 4.79 Å². The number of amides is 2. The summed E-state index contributed by atoms with van der Waals surface area (Å²) < 4.78 is 7.27. The predicted octanol–water partition coefficient (Wildman–Crippen LogP) is 2.86. The molecule has 0 radical (unpaired) electrons. The molecule has 1 aromatic heterocycles. The van der Waals surface area contributed by atoms with E-state index in [0.717, 1.165) is 16.6 Å². The summed E-state index contributed by atoms with van der Waals surface area (Å²) in [6, 6.07) is 7.86. The maximum atomic E-state index is 12.8. The Morgan fingerprint density at radius 2 is 1.86 bits per heavy atom. The highest BCUT2D eigenvalue weighted by Gasteiger charge is 2.60. The van der Waals surface area contributed by atoms with E-state index in [-0.39, 0.29) is 35.8 Å². The summed E-state index contributed by atoms with van der Waals surface area (Å²) in [6.07, 6.45) is -0.285. The van der Waals surface area contributed by atoms with E-state index < -0.39 is 5.60 Å². The fourth-order valence-electron chi connectivity index (χ4n) is 4.33. The summed E-state index contributed by atoms with van der Waals surface area (Å²) in [5.41, 5.74) is 1.43. The van der Waals surface area contributed by atoms with Crippen molar-refractivity contribution < 1.29 is 14.3 Å². The molecule has 4 atom stereocenters. The second-order valence-electron chi connectivity index (χ2n) is 9.00. The van der Waals surface area contributed by atoms with Gasteiger partial charge in [-0.1, -0.05) is 18.2 Å². The molecule has 0 bridgehead atoms. The SMILES string of the molecule is CC(NC(=O)C1C2CN(C(=O)OC(C)(C)C)C[C@H]21)c1nn(C)c2ccccc12. The molecule has 28 heavy (non-hydrogen) atoms. The maximum absolute atomic E-state index is 12.8. The monoisotopic (exact) mass is 384 g/mol. The molecule has 1 saturated heterocycles. The molecule has 1 aliphatic carbocycles. The number of ether oxygens (including phenoxy) is 1. The van der Waals surface area contributed by atoms with Gasteiger partial charge < -0.3 is 15.0 Å². The Labute approximate surface area is 165 Å². The number of hydrogen-bond donors (Lipinski definition) is 1. The minimum atomic E-state index is -0.498.